The standard InChI is InChI=1S/C7H8FNO2/c1-3-2-4(9)7(11)5(8)6(3)10/h2,10-11H,9H2,1H3. The maximum absolute atomic E-state index is 12.7. The fourth-order valence-electron chi connectivity index (χ4n) is 0.782. The molecular weight excluding hydrogens is 149 g/mol. The molecule has 1 aromatic rings. The molecule has 0 aliphatic rings. The smallest absolute Gasteiger partial charge is 0.208 e. The fraction of sp³-hybridized carbons (Fsp3) is 0.143. The predicted molar refractivity (Wildman–Crippen MR) is 38.9 cm³/mol. The van der Waals surface area contributed by atoms with Crippen molar-refractivity contribution in [1.82, 2.24) is 0 Å². The van der Waals surface area contributed by atoms with E-state index < -0.39 is 17.3 Å². The Hall–Kier alpha value is -1.45. The highest BCUT2D eigenvalue weighted by molar-refractivity contribution is 5.58. The van der Waals surface area contributed by atoms with E-state index in [0.29, 0.717) is 5.56 Å². The van der Waals surface area contributed by atoms with Crippen molar-refractivity contribution >= 4 is 5.69 Å². The maximum Gasteiger partial charge on any atom is 0.208 e. The molecule has 0 fully saturated rings. The molecule has 60 valence electrons. The molecule has 4 N–H and O–H groups in total. The van der Waals surface area contributed by atoms with Gasteiger partial charge in [-0.15, -0.1) is 0 Å². The minimum Gasteiger partial charge on any atom is -0.505 e. The average molecular weight is 157 g/mol. The number of phenols is 2. The van der Waals surface area contributed by atoms with E-state index in [2.05, 4.69) is 0 Å². The van der Waals surface area contributed by atoms with E-state index in [1.54, 1.807) is 0 Å². The summed E-state index contributed by atoms with van der Waals surface area (Å²) in [6, 6.07) is 1.30. The van der Waals surface area contributed by atoms with Gasteiger partial charge in [0.25, 0.3) is 0 Å². The van der Waals surface area contributed by atoms with Crippen molar-refractivity contribution in [3.63, 3.8) is 0 Å². The van der Waals surface area contributed by atoms with Crippen molar-refractivity contribution in [1.29, 1.82) is 0 Å². The van der Waals surface area contributed by atoms with Crippen molar-refractivity contribution in [2.75, 3.05) is 5.73 Å². The zero-order valence-corrected chi connectivity index (χ0v) is 5.93. The van der Waals surface area contributed by atoms with Gasteiger partial charge in [0.1, 0.15) is 0 Å². The van der Waals surface area contributed by atoms with Gasteiger partial charge < -0.3 is 15.9 Å². The highest BCUT2D eigenvalue weighted by Crippen LogP contribution is 2.33. The van der Waals surface area contributed by atoms with Gasteiger partial charge in [-0.25, -0.2) is 0 Å². The number of phenolic OH excluding ortho intramolecular Hbond substituents is 2. The van der Waals surface area contributed by atoms with Crippen LogP contribution in [0.1, 0.15) is 5.56 Å². The van der Waals surface area contributed by atoms with Crippen LogP contribution < -0.4 is 5.73 Å². The molecule has 0 radical (unpaired) electrons. The Morgan fingerprint density at radius 2 is 1.91 bits per heavy atom. The first-order valence-corrected chi connectivity index (χ1v) is 3.00. The summed E-state index contributed by atoms with van der Waals surface area (Å²) >= 11 is 0. The van der Waals surface area contributed by atoms with Crippen LogP contribution in [0.5, 0.6) is 11.5 Å². The highest BCUT2D eigenvalue weighted by atomic mass is 19.1. The number of nitrogens with two attached hydrogens (primary N) is 1. The van der Waals surface area contributed by atoms with Crippen LogP contribution >= 0.6 is 0 Å². The third-order valence-corrected chi connectivity index (χ3v) is 1.43. The van der Waals surface area contributed by atoms with Crippen LogP contribution in [0.15, 0.2) is 6.07 Å². The molecule has 0 saturated heterocycles. The molecule has 11 heavy (non-hydrogen) atoms. The van der Waals surface area contributed by atoms with Gasteiger partial charge in [-0.05, 0) is 18.6 Å². The Balaban J connectivity index is 3.46. The minimum absolute atomic E-state index is 0.0715. The van der Waals surface area contributed by atoms with E-state index in [-0.39, 0.29) is 5.69 Å². The molecule has 0 unspecified atom stereocenters. The zero-order chi connectivity index (χ0) is 8.59. The molecule has 0 atom stereocenters. The van der Waals surface area contributed by atoms with Crippen LogP contribution in [0.25, 0.3) is 0 Å². The maximum atomic E-state index is 12.7. The summed E-state index contributed by atoms with van der Waals surface area (Å²) in [5, 5.41) is 17.8. The number of benzene rings is 1. The lowest BCUT2D eigenvalue weighted by atomic mass is 10.2. The highest BCUT2D eigenvalue weighted by Gasteiger charge is 2.12. The van der Waals surface area contributed by atoms with Crippen LogP contribution in [0.4, 0.5) is 10.1 Å². The van der Waals surface area contributed by atoms with Crippen molar-refractivity contribution in [3.8, 4) is 11.5 Å². The molecule has 3 nitrogen and oxygen atoms in total. The summed E-state index contributed by atoms with van der Waals surface area (Å²) in [4.78, 5) is 0. The van der Waals surface area contributed by atoms with Crippen LogP contribution in [0.2, 0.25) is 0 Å². The van der Waals surface area contributed by atoms with E-state index in [0.717, 1.165) is 0 Å². The molecule has 0 bridgehead atoms. The Labute approximate surface area is 62.9 Å². The third-order valence-electron chi connectivity index (χ3n) is 1.43. The molecule has 0 aromatic heterocycles. The number of nitrogen functional groups attached to an aromatic ring is 1. The molecule has 0 spiro atoms. The van der Waals surface area contributed by atoms with Crippen LogP contribution in [0.3, 0.4) is 0 Å². The summed E-state index contributed by atoms with van der Waals surface area (Å²) in [6.07, 6.45) is 0. The van der Waals surface area contributed by atoms with Gasteiger partial charge >= 0.3 is 0 Å². The van der Waals surface area contributed by atoms with Crippen molar-refractivity contribution in [2.24, 2.45) is 0 Å². The summed E-state index contributed by atoms with van der Waals surface area (Å²) in [6.45, 7) is 1.49. The molecule has 0 amide bonds. The zero-order valence-electron chi connectivity index (χ0n) is 5.93. The lowest BCUT2D eigenvalue weighted by Gasteiger charge is -2.04. The summed E-state index contributed by atoms with van der Waals surface area (Å²) in [5.41, 5.74) is 5.42. The fourth-order valence-corrected chi connectivity index (χ4v) is 0.782. The van der Waals surface area contributed by atoms with Gasteiger partial charge in [-0.1, -0.05) is 0 Å². The summed E-state index contributed by atoms with van der Waals surface area (Å²) in [5.74, 6) is -2.33. The average Bonchev–Trinajstić information content (AvgIpc) is 1.97. The molecule has 1 aromatic carbocycles. The predicted octanol–water partition coefficient (Wildman–Crippen LogP) is 1.13. The number of aryl methyl sites for hydroxylation is 1. The van der Waals surface area contributed by atoms with E-state index in [1.807, 2.05) is 0 Å². The van der Waals surface area contributed by atoms with Crippen molar-refractivity contribution in [2.45, 2.75) is 6.92 Å². The van der Waals surface area contributed by atoms with Crippen LogP contribution in [-0.4, -0.2) is 10.2 Å². The molecule has 0 heterocycles. The lowest BCUT2D eigenvalue weighted by Crippen LogP contribution is -1.91. The van der Waals surface area contributed by atoms with E-state index in [1.165, 1.54) is 13.0 Å². The van der Waals surface area contributed by atoms with Crippen molar-refractivity contribution < 1.29 is 14.6 Å². The largest absolute Gasteiger partial charge is 0.505 e. The molecule has 1 rings (SSSR count). The van der Waals surface area contributed by atoms with Gasteiger partial charge in [0, 0.05) is 0 Å². The Morgan fingerprint density at radius 3 is 2.45 bits per heavy atom. The first-order valence-electron chi connectivity index (χ1n) is 3.00. The number of anilines is 1. The molecule has 0 aliphatic carbocycles. The second kappa shape index (κ2) is 2.30. The van der Waals surface area contributed by atoms with Crippen molar-refractivity contribution in [3.05, 3.63) is 17.4 Å². The minimum atomic E-state index is -1.07. The third kappa shape index (κ3) is 1.07. The number of aromatic hydroxyl groups is 2. The molecular formula is C7H8FNO2. The quantitative estimate of drug-likeness (QED) is 0.300. The van der Waals surface area contributed by atoms with Gasteiger partial charge in [0.05, 0.1) is 5.69 Å². The van der Waals surface area contributed by atoms with Gasteiger partial charge in [-0.2, -0.15) is 4.39 Å². The van der Waals surface area contributed by atoms with Crippen LogP contribution in [0, 0.1) is 12.7 Å². The Kier molecular flexibility index (Phi) is 1.60. The number of halogens is 1. The molecule has 0 saturated carbocycles. The lowest BCUT2D eigenvalue weighted by molar-refractivity contribution is 0.388. The van der Waals surface area contributed by atoms with E-state index >= 15 is 0 Å². The van der Waals surface area contributed by atoms with Gasteiger partial charge in [-0.3, -0.25) is 0 Å². The van der Waals surface area contributed by atoms with Gasteiger partial charge in [0.15, 0.2) is 11.5 Å². The van der Waals surface area contributed by atoms with E-state index in [4.69, 9.17) is 15.9 Å². The Bertz CT molecular complexity index is 273. The monoisotopic (exact) mass is 157 g/mol. The second-order valence-electron chi connectivity index (χ2n) is 2.29. The van der Waals surface area contributed by atoms with Gasteiger partial charge in [0.2, 0.25) is 5.82 Å². The topological polar surface area (TPSA) is 66.5 Å². The Morgan fingerprint density at radius 1 is 1.36 bits per heavy atom. The number of hydrogen-bond acceptors (Lipinski definition) is 3. The molecule has 4 heteroatoms. The summed E-state index contributed by atoms with van der Waals surface area (Å²) < 4.78 is 12.7. The second-order valence-corrected chi connectivity index (χ2v) is 2.29. The first-order chi connectivity index (χ1) is 5.04. The normalized spacial score (nSPS) is 10.0. The number of rotatable bonds is 0. The molecule has 0 aliphatic heterocycles. The summed E-state index contributed by atoms with van der Waals surface area (Å²) in [7, 11) is 0. The van der Waals surface area contributed by atoms with E-state index in [9.17, 15) is 4.39 Å². The van der Waals surface area contributed by atoms with Crippen LogP contribution in [-0.2, 0) is 0 Å². The SMILES string of the molecule is Cc1cc(N)c(O)c(F)c1O. The number of hydrogen-bond donors (Lipinski definition) is 3. The first kappa shape index (κ1) is 7.65.